The lowest BCUT2D eigenvalue weighted by atomic mass is 10.2. The standard InChI is InChI=1S/C17H19NO3S/c19-17(18-14-15-8-3-1-4-9-15)12-7-13-22(20,21)16-10-5-2-6-11-16/h1-6,8-11H,7,12-14H2,(H,18,19). The molecule has 0 fully saturated rings. The van der Waals surface area contributed by atoms with Crippen LogP contribution < -0.4 is 5.32 Å². The first-order valence-corrected chi connectivity index (χ1v) is 8.81. The van der Waals surface area contributed by atoms with Crippen LogP contribution in [0.2, 0.25) is 0 Å². The van der Waals surface area contributed by atoms with Crippen LogP contribution in [0.25, 0.3) is 0 Å². The minimum atomic E-state index is -3.30. The van der Waals surface area contributed by atoms with Crippen molar-refractivity contribution in [3.05, 3.63) is 66.2 Å². The molecule has 0 aliphatic carbocycles. The molecule has 0 atom stereocenters. The van der Waals surface area contributed by atoms with Gasteiger partial charge in [-0.3, -0.25) is 4.79 Å². The van der Waals surface area contributed by atoms with Crippen molar-refractivity contribution < 1.29 is 13.2 Å². The van der Waals surface area contributed by atoms with Gasteiger partial charge in [-0.05, 0) is 24.1 Å². The zero-order valence-electron chi connectivity index (χ0n) is 12.2. The van der Waals surface area contributed by atoms with Gasteiger partial charge in [-0.15, -0.1) is 0 Å². The molecule has 0 aromatic heterocycles. The Hall–Kier alpha value is -2.14. The molecule has 5 heteroatoms. The molecular formula is C17H19NO3S. The fraction of sp³-hybridized carbons (Fsp3) is 0.235. The summed E-state index contributed by atoms with van der Waals surface area (Å²) in [6.45, 7) is 0.463. The zero-order valence-corrected chi connectivity index (χ0v) is 13.1. The van der Waals surface area contributed by atoms with Gasteiger partial charge in [0, 0.05) is 13.0 Å². The summed E-state index contributed by atoms with van der Waals surface area (Å²) >= 11 is 0. The van der Waals surface area contributed by atoms with Gasteiger partial charge in [0.25, 0.3) is 0 Å². The summed E-state index contributed by atoms with van der Waals surface area (Å²) in [6, 6.07) is 17.9. The summed E-state index contributed by atoms with van der Waals surface area (Å²) in [5.41, 5.74) is 1.02. The van der Waals surface area contributed by atoms with Crippen LogP contribution in [0.4, 0.5) is 0 Å². The second kappa shape index (κ2) is 7.75. The van der Waals surface area contributed by atoms with E-state index in [1.165, 1.54) is 0 Å². The number of carbonyl (C=O) groups is 1. The van der Waals surface area contributed by atoms with E-state index in [4.69, 9.17) is 0 Å². The molecular weight excluding hydrogens is 298 g/mol. The van der Waals surface area contributed by atoms with Gasteiger partial charge in [-0.1, -0.05) is 48.5 Å². The SMILES string of the molecule is O=C(CCCS(=O)(=O)c1ccccc1)NCc1ccccc1. The average Bonchev–Trinajstić information content (AvgIpc) is 2.54. The minimum absolute atomic E-state index is 0.0181. The number of sulfone groups is 1. The third-order valence-corrected chi connectivity index (χ3v) is 5.07. The molecule has 22 heavy (non-hydrogen) atoms. The lowest BCUT2D eigenvalue weighted by Gasteiger charge is -2.06. The van der Waals surface area contributed by atoms with Gasteiger partial charge in [0.05, 0.1) is 10.6 Å². The quantitative estimate of drug-likeness (QED) is 0.853. The van der Waals surface area contributed by atoms with Crippen LogP contribution in [0.1, 0.15) is 18.4 Å². The molecule has 0 unspecified atom stereocenters. The number of nitrogens with one attached hydrogen (secondary N) is 1. The van der Waals surface area contributed by atoms with Gasteiger partial charge in [-0.2, -0.15) is 0 Å². The van der Waals surface area contributed by atoms with E-state index < -0.39 is 9.84 Å². The van der Waals surface area contributed by atoms with Crippen LogP contribution in [-0.4, -0.2) is 20.1 Å². The Morgan fingerprint density at radius 2 is 1.50 bits per heavy atom. The van der Waals surface area contributed by atoms with E-state index in [9.17, 15) is 13.2 Å². The number of hydrogen-bond donors (Lipinski definition) is 1. The zero-order chi connectivity index (χ0) is 15.8. The Balaban J connectivity index is 1.75. The molecule has 1 amide bonds. The normalized spacial score (nSPS) is 11.1. The number of carbonyl (C=O) groups excluding carboxylic acids is 1. The van der Waals surface area contributed by atoms with Crippen molar-refractivity contribution in [3.8, 4) is 0 Å². The number of benzene rings is 2. The number of amides is 1. The van der Waals surface area contributed by atoms with Crippen molar-refractivity contribution in [2.24, 2.45) is 0 Å². The molecule has 0 spiro atoms. The second-order valence-corrected chi connectivity index (χ2v) is 7.11. The van der Waals surface area contributed by atoms with Crippen LogP contribution >= 0.6 is 0 Å². The summed E-state index contributed by atoms with van der Waals surface area (Å²) < 4.78 is 24.1. The van der Waals surface area contributed by atoms with E-state index in [-0.39, 0.29) is 18.1 Å². The molecule has 0 aliphatic rings. The number of rotatable bonds is 7. The fourth-order valence-corrected chi connectivity index (χ4v) is 3.39. The van der Waals surface area contributed by atoms with Gasteiger partial charge in [0.2, 0.25) is 5.91 Å². The number of hydrogen-bond acceptors (Lipinski definition) is 3. The highest BCUT2D eigenvalue weighted by Gasteiger charge is 2.14. The Labute approximate surface area is 131 Å². The second-order valence-electron chi connectivity index (χ2n) is 5.00. The van der Waals surface area contributed by atoms with Crippen molar-refractivity contribution in [1.29, 1.82) is 0 Å². The van der Waals surface area contributed by atoms with Crippen molar-refractivity contribution >= 4 is 15.7 Å². The molecule has 0 radical (unpaired) electrons. The van der Waals surface area contributed by atoms with Gasteiger partial charge < -0.3 is 5.32 Å². The molecule has 0 heterocycles. The minimum Gasteiger partial charge on any atom is -0.352 e. The van der Waals surface area contributed by atoms with Crippen molar-refractivity contribution in [2.45, 2.75) is 24.3 Å². The highest BCUT2D eigenvalue weighted by atomic mass is 32.2. The van der Waals surface area contributed by atoms with Crippen LogP contribution in [0.15, 0.2) is 65.6 Å². The van der Waals surface area contributed by atoms with Gasteiger partial charge >= 0.3 is 0 Å². The molecule has 116 valence electrons. The van der Waals surface area contributed by atoms with E-state index >= 15 is 0 Å². The smallest absolute Gasteiger partial charge is 0.220 e. The van der Waals surface area contributed by atoms with Gasteiger partial charge in [0.15, 0.2) is 9.84 Å². The molecule has 0 bridgehead atoms. The lowest BCUT2D eigenvalue weighted by molar-refractivity contribution is -0.121. The first-order chi connectivity index (χ1) is 10.6. The molecule has 2 aromatic carbocycles. The highest BCUT2D eigenvalue weighted by molar-refractivity contribution is 7.91. The summed E-state index contributed by atoms with van der Waals surface area (Å²) in [5, 5.41) is 2.79. The molecule has 2 aromatic rings. The summed E-state index contributed by atoms with van der Waals surface area (Å²) in [7, 11) is -3.30. The summed E-state index contributed by atoms with van der Waals surface area (Å²) in [6.07, 6.45) is 0.525. The van der Waals surface area contributed by atoms with Crippen LogP contribution in [-0.2, 0) is 21.2 Å². The topological polar surface area (TPSA) is 63.2 Å². The Morgan fingerprint density at radius 3 is 2.14 bits per heavy atom. The Bertz CT molecular complexity index is 697. The predicted molar refractivity (Wildman–Crippen MR) is 86.0 cm³/mol. The van der Waals surface area contributed by atoms with Crippen molar-refractivity contribution in [1.82, 2.24) is 5.32 Å². The molecule has 4 nitrogen and oxygen atoms in total. The molecule has 0 saturated carbocycles. The average molecular weight is 317 g/mol. The lowest BCUT2D eigenvalue weighted by Crippen LogP contribution is -2.23. The van der Waals surface area contributed by atoms with Crippen molar-refractivity contribution in [3.63, 3.8) is 0 Å². The van der Waals surface area contributed by atoms with Crippen LogP contribution in [0.5, 0.6) is 0 Å². The monoisotopic (exact) mass is 317 g/mol. The van der Waals surface area contributed by atoms with E-state index in [0.29, 0.717) is 17.9 Å². The molecule has 0 saturated heterocycles. The molecule has 0 aliphatic heterocycles. The third kappa shape index (κ3) is 5.00. The maximum atomic E-state index is 12.1. The van der Waals surface area contributed by atoms with E-state index in [1.54, 1.807) is 30.3 Å². The third-order valence-electron chi connectivity index (χ3n) is 3.25. The first-order valence-electron chi connectivity index (χ1n) is 7.16. The Morgan fingerprint density at radius 1 is 0.909 bits per heavy atom. The first kappa shape index (κ1) is 16.2. The van der Waals surface area contributed by atoms with E-state index in [0.717, 1.165) is 5.56 Å². The maximum absolute atomic E-state index is 12.1. The van der Waals surface area contributed by atoms with Gasteiger partial charge in [-0.25, -0.2) is 8.42 Å². The maximum Gasteiger partial charge on any atom is 0.220 e. The molecule has 1 N–H and O–H groups in total. The Kier molecular flexibility index (Phi) is 5.72. The van der Waals surface area contributed by atoms with Crippen LogP contribution in [0, 0.1) is 0 Å². The van der Waals surface area contributed by atoms with Crippen LogP contribution in [0.3, 0.4) is 0 Å². The summed E-state index contributed by atoms with van der Waals surface area (Å²) in [4.78, 5) is 12.0. The van der Waals surface area contributed by atoms with Crippen molar-refractivity contribution in [2.75, 3.05) is 5.75 Å². The van der Waals surface area contributed by atoms with Gasteiger partial charge in [0.1, 0.15) is 0 Å². The summed E-state index contributed by atoms with van der Waals surface area (Å²) in [5.74, 6) is -0.150. The predicted octanol–water partition coefficient (Wildman–Crippen LogP) is 2.56. The molecule has 2 rings (SSSR count). The van der Waals surface area contributed by atoms with E-state index in [2.05, 4.69) is 5.32 Å². The largest absolute Gasteiger partial charge is 0.352 e. The van der Waals surface area contributed by atoms with E-state index in [1.807, 2.05) is 30.3 Å². The fourth-order valence-electron chi connectivity index (χ4n) is 2.05. The highest BCUT2D eigenvalue weighted by Crippen LogP contribution is 2.11.